The van der Waals surface area contributed by atoms with Gasteiger partial charge in [-0.2, -0.15) is 11.8 Å². The molecule has 98 valence electrons. The molecule has 1 aromatic heterocycles. The summed E-state index contributed by atoms with van der Waals surface area (Å²) in [6.45, 7) is 0. The molecule has 0 amide bonds. The molecule has 1 saturated carbocycles. The number of halogens is 1. The predicted molar refractivity (Wildman–Crippen MR) is 73.7 cm³/mol. The Balaban J connectivity index is 1.77. The number of nitrogens with zero attached hydrogens (tertiary/aromatic N) is 1. The normalized spacial score (nSPS) is 16.3. The van der Waals surface area contributed by atoms with Crippen LogP contribution in [-0.4, -0.2) is 23.8 Å². The molecule has 1 aromatic rings. The molecule has 5 heteroatoms. The summed E-state index contributed by atoms with van der Waals surface area (Å²) in [4.78, 5) is 15.5. The second-order valence-corrected chi connectivity index (χ2v) is 6.07. The lowest BCUT2D eigenvalue weighted by Gasteiger charge is -2.12. The van der Waals surface area contributed by atoms with Crippen molar-refractivity contribution in [2.45, 2.75) is 25.0 Å². The number of hydrogen-bond donors (Lipinski definition) is 0. The van der Waals surface area contributed by atoms with Gasteiger partial charge in [-0.1, -0.05) is 17.7 Å². The van der Waals surface area contributed by atoms with Gasteiger partial charge in [-0.25, -0.2) is 4.98 Å². The van der Waals surface area contributed by atoms with Crippen LogP contribution in [0.2, 0.25) is 5.15 Å². The number of ether oxygens (including phenoxy) is 1. The number of thioether (sulfide) groups is 1. The van der Waals surface area contributed by atoms with Gasteiger partial charge in [-0.15, -0.1) is 0 Å². The lowest BCUT2D eigenvalue weighted by atomic mass is 10.1. The summed E-state index contributed by atoms with van der Waals surface area (Å²) >= 11 is 7.64. The summed E-state index contributed by atoms with van der Waals surface area (Å²) in [5, 5.41) is 0.531. The van der Waals surface area contributed by atoms with E-state index in [0.717, 1.165) is 30.0 Å². The number of esters is 1. The molecule has 0 unspecified atom stereocenters. The zero-order chi connectivity index (χ0) is 13.0. The van der Waals surface area contributed by atoms with Crippen LogP contribution in [0.1, 0.15) is 25.0 Å². The Hall–Kier alpha value is -0.740. The smallest absolute Gasteiger partial charge is 0.306 e. The van der Waals surface area contributed by atoms with Crippen molar-refractivity contribution in [2.24, 2.45) is 5.41 Å². The minimum atomic E-state index is -0.103. The maximum absolute atomic E-state index is 11.3. The van der Waals surface area contributed by atoms with Gasteiger partial charge in [-0.05, 0) is 36.1 Å². The van der Waals surface area contributed by atoms with Crippen LogP contribution in [0.5, 0.6) is 0 Å². The predicted octanol–water partition coefficient (Wildman–Crippen LogP) is 3.31. The topological polar surface area (TPSA) is 39.2 Å². The number of carbonyl (C=O) groups is 1. The lowest BCUT2D eigenvalue weighted by Crippen LogP contribution is -2.13. The summed E-state index contributed by atoms with van der Waals surface area (Å²) in [6, 6.07) is 5.65. The fourth-order valence-corrected chi connectivity index (χ4v) is 3.31. The van der Waals surface area contributed by atoms with E-state index in [1.807, 2.05) is 23.9 Å². The summed E-state index contributed by atoms with van der Waals surface area (Å²) < 4.78 is 4.73. The molecule has 0 spiro atoms. The Kier molecular flexibility index (Phi) is 4.51. The Morgan fingerprint density at radius 1 is 1.56 bits per heavy atom. The highest BCUT2D eigenvalue weighted by Crippen LogP contribution is 2.51. The minimum Gasteiger partial charge on any atom is -0.469 e. The molecular formula is C13H16ClNO2S. The lowest BCUT2D eigenvalue weighted by molar-refractivity contribution is -0.141. The number of rotatable bonds is 6. The van der Waals surface area contributed by atoms with Crippen LogP contribution in [0.25, 0.3) is 0 Å². The van der Waals surface area contributed by atoms with E-state index in [1.165, 1.54) is 7.11 Å². The fraction of sp³-hybridized carbons (Fsp3) is 0.538. The molecule has 0 N–H and O–H groups in total. The van der Waals surface area contributed by atoms with Gasteiger partial charge in [0.15, 0.2) is 0 Å². The van der Waals surface area contributed by atoms with Crippen LogP contribution >= 0.6 is 23.4 Å². The van der Waals surface area contributed by atoms with E-state index in [2.05, 4.69) is 4.98 Å². The van der Waals surface area contributed by atoms with Crippen LogP contribution in [-0.2, 0) is 15.3 Å². The highest BCUT2D eigenvalue weighted by Gasteiger charge is 2.44. The SMILES string of the molecule is COC(=O)CC1(CSCc2cccc(Cl)n2)CC1. The van der Waals surface area contributed by atoms with Crippen LogP contribution in [0.15, 0.2) is 18.2 Å². The van der Waals surface area contributed by atoms with Gasteiger partial charge in [0.05, 0.1) is 19.2 Å². The maximum Gasteiger partial charge on any atom is 0.306 e. The summed E-state index contributed by atoms with van der Waals surface area (Å²) in [5.41, 5.74) is 1.16. The first kappa shape index (κ1) is 13.7. The summed E-state index contributed by atoms with van der Waals surface area (Å²) in [7, 11) is 1.45. The van der Waals surface area contributed by atoms with Crippen LogP contribution < -0.4 is 0 Å². The van der Waals surface area contributed by atoms with E-state index < -0.39 is 0 Å². The molecule has 1 fully saturated rings. The largest absolute Gasteiger partial charge is 0.469 e. The van der Waals surface area contributed by atoms with Gasteiger partial charge in [0.25, 0.3) is 0 Å². The van der Waals surface area contributed by atoms with Crippen molar-refractivity contribution < 1.29 is 9.53 Å². The zero-order valence-corrected chi connectivity index (χ0v) is 11.9. The number of methoxy groups -OCH3 is 1. The number of hydrogen-bond acceptors (Lipinski definition) is 4. The van der Waals surface area contributed by atoms with E-state index in [1.54, 1.807) is 6.07 Å². The average Bonchev–Trinajstić information content (AvgIpc) is 3.09. The molecule has 18 heavy (non-hydrogen) atoms. The highest BCUT2D eigenvalue weighted by molar-refractivity contribution is 7.98. The molecule has 0 saturated heterocycles. The van der Waals surface area contributed by atoms with Crippen molar-refractivity contribution in [1.29, 1.82) is 0 Å². The second-order valence-electron chi connectivity index (χ2n) is 4.70. The highest BCUT2D eigenvalue weighted by atomic mass is 35.5. The molecule has 0 aliphatic heterocycles. The Labute approximate surface area is 116 Å². The van der Waals surface area contributed by atoms with Gasteiger partial charge >= 0.3 is 5.97 Å². The van der Waals surface area contributed by atoms with Crippen LogP contribution in [0, 0.1) is 5.41 Å². The summed E-state index contributed by atoms with van der Waals surface area (Å²) in [5.74, 6) is 1.72. The van der Waals surface area contributed by atoms with Crippen LogP contribution in [0.4, 0.5) is 0 Å². The third-order valence-electron chi connectivity index (χ3n) is 3.14. The van der Waals surface area contributed by atoms with Gasteiger partial charge in [0.1, 0.15) is 5.15 Å². The molecule has 1 heterocycles. The van der Waals surface area contributed by atoms with Crippen molar-refractivity contribution in [2.75, 3.05) is 12.9 Å². The van der Waals surface area contributed by atoms with E-state index in [0.29, 0.717) is 11.6 Å². The van der Waals surface area contributed by atoms with Crippen molar-refractivity contribution in [1.82, 2.24) is 4.98 Å². The second kappa shape index (κ2) is 5.93. The molecule has 3 nitrogen and oxygen atoms in total. The first-order chi connectivity index (χ1) is 8.63. The van der Waals surface area contributed by atoms with Gasteiger partial charge in [0.2, 0.25) is 0 Å². The number of pyridine rings is 1. The molecule has 1 aliphatic carbocycles. The first-order valence-corrected chi connectivity index (χ1v) is 7.43. The molecule has 0 bridgehead atoms. The number of aromatic nitrogens is 1. The van der Waals surface area contributed by atoms with Crippen molar-refractivity contribution >= 4 is 29.3 Å². The molecule has 1 aliphatic rings. The van der Waals surface area contributed by atoms with Gasteiger partial charge in [0, 0.05) is 5.75 Å². The van der Waals surface area contributed by atoms with E-state index in [-0.39, 0.29) is 11.4 Å². The van der Waals surface area contributed by atoms with Crippen molar-refractivity contribution in [3.63, 3.8) is 0 Å². The van der Waals surface area contributed by atoms with E-state index in [9.17, 15) is 4.79 Å². The standard InChI is InChI=1S/C13H16ClNO2S/c1-17-12(16)7-13(5-6-13)9-18-8-10-3-2-4-11(14)15-10/h2-4H,5-9H2,1H3. The van der Waals surface area contributed by atoms with Gasteiger partial charge in [-0.3, -0.25) is 4.79 Å². The monoisotopic (exact) mass is 285 g/mol. The molecule has 0 radical (unpaired) electrons. The van der Waals surface area contributed by atoms with Crippen molar-refractivity contribution in [3.05, 3.63) is 29.0 Å². The Morgan fingerprint density at radius 3 is 2.94 bits per heavy atom. The third kappa shape index (κ3) is 3.89. The molecule has 0 aromatic carbocycles. The quantitative estimate of drug-likeness (QED) is 0.594. The van der Waals surface area contributed by atoms with Gasteiger partial charge < -0.3 is 4.74 Å². The molecular weight excluding hydrogens is 270 g/mol. The maximum atomic E-state index is 11.3. The van der Waals surface area contributed by atoms with E-state index in [4.69, 9.17) is 16.3 Å². The molecule has 0 atom stereocenters. The van der Waals surface area contributed by atoms with E-state index >= 15 is 0 Å². The zero-order valence-electron chi connectivity index (χ0n) is 10.3. The first-order valence-electron chi connectivity index (χ1n) is 5.90. The number of carbonyl (C=O) groups excluding carboxylic acids is 1. The molecule has 2 rings (SSSR count). The average molecular weight is 286 g/mol. The third-order valence-corrected chi connectivity index (χ3v) is 4.66. The fourth-order valence-electron chi connectivity index (χ4n) is 1.83. The van der Waals surface area contributed by atoms with Crippen molar-refractivity contribution in [3.8, 4) is 0 Å². The summed E-state index contributed by atoms with van der Waals surface area (Å²) in [6.07, 6.45) is 2.79. The Morgan fingerprint density at radius 2 is 2.33 bits per heavy atom. The van der Waals surface area contributed by atoms with Crippen LogP contribution in [0.3, 0.4) is 0 Å². The Bertz CT molecular complexity index is 435. The minimum absolute atomic E-state index is 0.103.